The molecule has 0 aromatic heterocycles. The molecule has 0 aliphatic carbocycles. The van der Waals surface area contributed by atoms with Crippen molar-refractivity contribution < 1.29 is 4.79 Å². The predicted molar refractivity (Wildman–Crippen MR) is 152 cm³/mol. The molecule has 0 bridgehead atoms. The molecule has 0 heterocycles. The zero-order chi connectivity index (χ0) is 24.4. The Kier molecular flexibility index (Phi) is 14.7. The number of hydrogen-bond donors (Lipinski definition) is 0. The van der Waals surface area contributed by atoms with E-state index in [4.69, 9.17) is 0 Å². The van der Waals surface area contributed by atoms with Gasteiger partial charge < -0.3 is 0 Å². The molecule has 0 saturated carbocycles. The van der Waals surface area contributed by atoms with Crippen molar-refractivity contribution in [2.75, 3.05) is 5.75 Å². The third kappa shape index (κ3) is 11.6. The minimum Gasteiger partial charge on any atom is -0.289 e. The van der Waals surface area contributed by atoms with Crippen molar-refractivity contribution >= 4 is 23.6 Å². The number of rotatable bonds is 18. The molecule has 0 amide bonds. The van der Waals surface area contributed by atoms with E-state index in [-0.39, 0.29) is 5.78 Å². The molecule has 0 atom stereocenters. The lowest BCUT2D eigenvalue weighted by Crippen LogP contribution is -1.94. The first kappa shape index (κ1) is 28.4. The Morgan fingerprint density at radius 1 is 0.706 bits per heavy atom. The second kappa shape index (κ2) is 17.6. The molecule has 0 aliphatic heterocycles. The van der Waals surface area contributed by atoms with Crippen LogP contribution in [0.15, 0.2) is 53.4 Å². The number of benzene rings is 2. The van der Waals surface area contributed by atoms with E-state index in [1.807, 2.05) is 30.0 Å². The second-order valence-electron chi connectivity index (χ2n) is 9.40. The molecule has 0 fully saturated rings. The average molecular weight is 479 g/mol. The molecule has 0 unspecified atom stereocenters. The van der Waals surface area contributed by atoms with Crippen LogP contribution in [0.2, 0.25) is 0 Å². The molecular weight excluding hydrogens is 432 g/mol. The maximum Gasteiger partial charge on any atom is 0.185 e. The van der Waals surface area contributed by atoms with Crippen LogP contribution in [-0.2, 0) is 12.8 Å². The van der Waals surface area contributed by atoms with Crippen LogP contribution >= 0.6 is 11.8 Å². The highest BCUT2D eigenvalue weighted by atomic mass is 32.2. The number of hydrogen-bond acceptors (Lipinski definition) is 2. The van der Waals surface area contributed by atoms with Crippen molar-refractivity contribution in [1.29, 1.82) is 0 Å². The Morgan fingerprint density at radius 2 is 1.24 bits per heavy atom. The fourth-order valence-corrected chi connectivity index (χ4v) is 5.15. The van der Waals surface area contributed by atoms with E-state index >= 15 is 0 Å². The van der Waals surface area contributed by atoms with E-state index in [0.29, 0.717) is 0 Å². The van der Waals surface area contributed by atoms with E-state index in [9.17, 15) is 4.79 Å². The van der Waals surface area contributed by atoms with Gasteiger partial charge in [0.15, 0.2) is 5.78 Å². The van der Waals surface area contributed by atoms with Gasteiger partial charge in [0.25, 0.3) is 0 Å². The fraction of sp³-hybridized carbons (Fsp3) is 0.531. The monoisotopic (exact) mass is 478 g/mol. The van der Waals surface area contributed by atoms with Crippen molar-refractivity contribution in [3.8, 4) is 0 Å². The van der Waals surface area contributed by atoms with Crippen molar-refractivity contribution in [1.82, 2.24) is 0 Å². The van der Waals surface area contributed by atoms with Crippen molar-refractivity contribution in [3.63, 3.8) is 0 Å². The number of allylic oxidation sites excluding steroid dienone is 1. The quantitative estimate of drug-likeness (QED) is 0.0917. The van der Waals surface area contributed by atoms with Gasteiger partial charge in [-0.2, -0.15) is 0 Å². The first-order chi connectivity index (χ1) is 16.7. The number of thioether (sulfide) groups is 1. The standard InChI is InChI=1S/C32H46OS/c1-4-7-8-9-10-11-12-13-14-15-16-23-34-31-20-18-30(19-21-31)32(33)22-17-29-25-27(5-2)24-28(6-3)26-29/h17-22,24-26H,4-16,23H2,1-3H3/b22-17+. The summed E-state index contributed by atoms with van der Waals surface area (Å²) in [6.45, 7) is 6.62. The third-order valence-corrected chi connectivity index (χ3v) is 7.57. The largest absolute Gasteiger partial charge is 0.289 e. The minimum absolute atomic E-state index is 0.0712. The van der Waals surface area contributed by atoms with Gasteiger partial charge >= 0.3 is 0 Å². The molecule has 2 aromatic rings. The summed E-state index contributed by atoms with van der Waals surface area (Å²) in [5.74, 6) is 1.24. The summed E-state index contributed by atoms with van der Waals surface area (Å²) < 4.78 is 0. The molecule has 0 N–H and O–H groups in total. The Balaban J connectivity index is 1.64. The van der Waals surface area contributed by atoms with Gasteiger partial charge in [0.05, 0.1) is 0 Å². The van der Waals surface area contributed by atoms with Crippen LogP contribution in [0.5, 0.6) is 0 Å². The molecule has 0 spiro atoms. The highest BCUT2D eigenvalue weighted by Crippen LogP contribution is 2.21. The Hall–Kier alpha value is -1.80. The summed E-state index contributed by atoms with van der Waals surface area (Å²) in [6, 6.07) is 14.7. The maximum atomic E-state index is 12.6. The Morgan fingerprint density at radius 3 is 1.76 bits per heavy atom. The predicted octanol–water partition coefficient (Wildman–Crippen LogP) is 10.1. The van der Waals surface area contributed by atoms with E-state index < -0.39 is 0 Å². The summed E-state index contributed by atoms with van der Waals surface area (Å²) >= 11 is 1.91. The van der Waals surface area contributed by atoms with E-state index in [0.717, 1.165) is 29.7 Å². The van der Waals surface area contributed by atoms with Gasteiger partial charge in [0, 0.05) is 10.5 Å². The van der Waals surface area contributed by atoms with Gasteiger partial charge in [0.1, 0.15) is 0 Å². The number of aryl methyl sites for hydroxylation is 2. The average Bonchev–Trinajstić information content (AvgIpc) is 2.88. The first-order valence-corrected chi connectivity index (χ1v) is 14.7. The third-order valence-electron chi connectivity index (χ3n) is 6.47. The number of carbonyl (C=O) groups is 1. The fourth-order valence-electron chi connectivity index (χ4n) is 4.24. The highest BCUT2D eigenvalue weighted by molar-refractivity contribution is 7.99. The van der Waals surface area contributed by atoms with Crippen molar-refractivity contribution in [2.45, 2.75) is 109 Å². The summed E-state index contributed by atoms with van der Waals surface area (Å²) in [5, 5.41) is 0. The van der Waals surface area contributed by atoms with E-state index in [2.05, 4.69) is 51.1 Å². The lowest BCUT2D eigenvalue weighted by Gasteiger charge is -2.05. The van der Waals surface area contributed by atoms with Crippen LogP contribution in [0.1, 0.15) is 118 Å². The summed E-state index contributed by atoms with van der Waals surface area (Å²) in [7, 11) is 0. The van der Waals surface area contributed by atoms with Crippen LogP contribution in [0.25, 0.3) is 6.08 Å². The van der Waals surface area contributed by atoms with Gasteiger partial charge in [-0.15, -0.1) is 11.8 Å². The normalized spacial score (nSPS) is 11.4. The molecule has 34 heavy (non-hydrogen) atoms. The second-order valence-corrected chi connectivity index (χ2v) is 10.6. The van der Waals surface area contributed by atoms with Crippen LogP contribution in [0.4, 0.5) is 0 Å². The number of unbranched alkanes of at least 4 members (excludes halogenated alkanes) is 10. The molecule has 2 rings (SSSR count). The maximum absolute atomic E-state index is 12.6. The van der Waals surface area contributed by atoms with Crippen LogP contribution in [-0.4, -0.2) is 11.5 Å². The van der Waals surface area contributed by atoms with Gasteiger partial charge in [0.2, 0.25) is 0 Å². The first-order valence-electron chi connectivity index (χ1n) is 13.7. The summed E-state index contributed by atoms with van der Waals surface area (Å²) in [4.78, 5) is 13.9. The molecule has 0 radical (unpaired) electrons. The van der Waals surface area contributed by atoms with Crippen molar-refractivity contribution in [3.05, 3.63) is 70.8 Å². The number of carbonyl (C=O) groups excluding carboxylic acids is 1. The van der Waals surface area contributed by atoms with Crippen LogP contribution in [0.3, 0.4) is 0 Å². The smallest absolute Gasteiger partial charge is 0.185 e. The topological polar surface area (TPSA) is 17.1 Å². The van der Waals surface area contributed by atoms with Gasteiger partial charge in [-0.25, -0.2) is 0 Å². The van der Waals surface area contributed by atoms with Gasteiger partial charge in [-0.3, -0.25) is 4.79 Å². The molecule has 2 heteroatoms. The van der Waals surface area contributed by atoms with E-state index in [1.165, 1.54) is 86.7 Å². The molecule has 2 aromatic carbocycles. The van der Waals surface area contributed by atoms with Crippen molar-refractivity contribution in [2.24, 2.45) is 0 Å². The molecule has 1 nitrogen and oxygen atoms in total. The zero-order valence-corrected chi connectivity index (χ0v) is 22.7. The minimum atomic E-state index is 0.0712. The van der Waals surface area contributed by atoms with Gasteiger partial charge in [-0.05, 0) is 72.0 Å². The van der Waals surface area contributed by atoms with E-state index in [1.54, 1.807) is 6.08 Å². The summed E-state index contributed by atoms with van der Waals surface area (Å²) in [5.41, 5.74) is 4.53. The lowest BCUT2D eigenvalue weighted by atomic mass is 10.0. The zero-order valence-electron chi connectivity index (χ0n) is 21.9. The Bertz CT molecular complexity index is 828. The SMILES string of the molecule is CCCCCCCCCCCCCSc1ccc(C(=O)/C=C/c2cc(CC)cc(CC)c2)cc1. The van der Waals surface area contributed by atoms with Crippen LogP contribution in [0, 0.1) is 0 Å². The Labute approximate surface area is 213 Å². The summed E-state index contributed by atoms with van der Waals surface area (Å²) in [6.07, 6.45) is 20.9. The highest BCUT2D eigenvalue weighted by Gasteiger charge is 2.03. The molecular formula is C32H46OS. The molecule has 186 valence electrons. The lowest BCUT2D eigenvalue weighted by molar-refractivity contribution is 0.104. The molecule has 0 aliphatic rings. The van der Waals surface area contributed by atoms with Gasteiger partial charge in [-0.1, -0.05) is 109 Å². The molecule has 0 saturated heterocycles. The number of ketones is 1. The van der Waals surface area contributed by atoms with Crippen LogP contribution < -0.4 is 0 Å².